The molecule has 0 aromatic heterocycles. The molecule has 13 heavy (non-hydrogen) atoms. The van der Waals surface area contributed by atoms with Crippen molar-refractivity contribution in [1.82, 2.24) is 0 Å². The molecule has 2 heteroatoms. The van der Waals surface area contributed by atoms with E-state index in [1.165, 1.54) is 39.7 Å². The van der Waals surface area contributed by atoms with Crippen molar-refractivity contribution < 1.29 is 35.3 Å². The van der Waals surface area contributed by atoms with Crippen LogP contribution in [0.25, 0.3) is 10.8 Å². The predicted molar refractivity (Wildman–Crippen MR) is 47.7 cm³/mol. The molecule has 0 bridgehead atoms. The maximum atomic E-state index is 2.23. The van der Waals surface area contributed by atoms with Crippen molar-refractivity contribution in [3.05, 3.63) is 48.0 Å². The first-order valence-electron chi connectivity index (χ1n) is 4.17. The average molecular weight is 286 g/mol. The first-order valence-corrected chi connectivity index (χ1v) is 6.27. The van der Waals surface area contributed by atoms with Gasteiger partial charge in [-0.2, -0.15) is 0 Å². The molecule has 0 atom stereocenters. The van der Waals surface area contributed by atoms with Crippen molar-refractivity contribution >= 4 is 10.8 Å². The summed E-state index contributed by atoms with van der Waals surface area (Å²) >= 11 is 1.34. The second kappa shape index (κ2) is 4.88. The molecule has 0 nitrogen and oxygen atoms in total. The zero-order valence-electron chi connectivity index (χ0n) is 7.33. The number of hydrogen-bond donors (Lipinski definition) is 0. The number of benzene rings is 2. The maximum absolute atomic E-state index is 2.23. The fourth-order valence-corrected chi connectivity index (χ4v) is 2.43. The number of halogens is 1. The van der Waals surface area contributed by atoms with Crippen molar-refractivity contribution in [1.29, 1.82) is 0 Å². The van der Waals surface area contributed by atoms with Crippen LogP contribution in [0.5, 0.6) is 0 Å². The molecule has 2 rings (SSSR count). The van der Waals surface area contributed by atoms with Gasteiger partial charge in [-0.1, -0.05) is 0 Å². The minimum absolute atomic E-state index is 0. The van der Waals surface area contributed by atoms with Gasteiger partial charge in [0.2, 0.25) is 0 Å². The molecular weight excluding hydrogens is 277 g/mol. The van der Waals surface area contributed by atoms with Crippen LogP contribution in [0.15, 0.2) is 42.5 Å². The summed E-state index contributed by atoms with van der Waals surface area (Å²) in [6, 6.07) is 15.1. The summed E-state index contributed by atoms with van der Waals surface area (Å²) in [5.74, 6) is 0. The Morgan fingerprint density at radius 1 is 0.923 bits per heavy atom. The van der Waals surface area contributed by atoms with Crippen LogP contribution >= 0.6 is 0 Å². The molecule has 0 unspecified atom stereocenters. The van der Waals surface area contributed by atoms with Crippen molar-refractivity contribution in [3.63, 3.8) is 0 Å². The van der Waals surface area contributed by atoms with Gasteiger partial charge in [-0.05, 0) is 0 Å². The van der Waals surface area contributed by atoms with E-state index in [9.17, 15) is 0 Å². The van der Waals surface area contributed by atoms with Crippen LogP contribution in [-0.4, -0.2) is 0 Å². The van der Waals surface area contributed by atoms with Crippen LogP contribution in [0, 0.1) is 0 Å². The van der Waals surface area contributed by atoms with E-state index < -0.39 is 0 Å². The molecule has 0 heterocycles. The second-order valence-corrected chi connectivity index (χ2v) is 3.94. The third-order valence-corrected chi connectivity index (χ3v) is 3.28. The Morgan fingerprint density at radius 3 is 2.38 bits per heavy atom. The quantitative estimate of drug-likeness (QED) is 0.642. The van der Waals surface area contributed by atoms with Crippen LogP contribution < -0.4 is 17.0 Å². The Hall–Kier alpha value is -0.197. The Balaban J connectivity index is 0.000000845. The van der Waals surface area contributed by atoms with Crippen LogP contribution in [-0.2, 0) is 23.3 Å². The molecule has 0 saturated heterocycles. The van der Waals surface area contributed by atoms with Gasteiger partial charge >= 0.3 is 82.1 Å². The zero-order chi connectivity index (χ0) is 8.39. The van der Waals surface area contributed by atoms with Crippen molar-refractivity contribution in [2.24, 2.45) is 0 Å². The molecular formula is C11H9BrZn. The van der Waals surface area contributed by atoms with E-state index in [1.54, 1.807) is 0 Å². The SMILES string of the molecule is [Br-].[Zn+][CH2]c1cccc2ccccc12. The van der Waals surface area contributed by atoms with E-state index in [0.29, 0.717) is 0 Å². The molecule has 0 aliphatic heterocycles. The molecule has 0 fully saturated rings. The molecule has 0 aliphatic carbocycles. The van der Waals surface area contributed by atoms with Crippen molar-refractivity contribution in [3.8, 4) is 0 Å². The molecule has 0 radical (unpaired) electrons. The predicted octanol–water partition coefficient (Wildman–Crippen LogP) is -0.109. The number of hydrogen-bond acceptors (Lipinski definition) is 0. The fourth-order valence-electron chi connectivity index (χ4n) is 1.51. The van der Waals surface area contributed by atoms with Crippen LogP contribution in [0.4, 0.5) is 0 Å². The Kier molecular flexibility index (Phi) is 4.08. The average Bonchev–Trinajstić information content (AvgIpc) is 2.17. The van der Waals surface area contributed by atoms with E-state index >= 15 is 0 Å². The summed E-state index contributed by atoms with van der Waals surface area (Å²) in [6.07, 6.45) is 0. The van der Waals surface area contributed by atoms with Crippen LogP contribution in [0.3, 0.4) is 0 Å². The van der Waals surface area contributed by atoms with E-state index in [2.05, 4.69) is 42.5 Å². The molecule has 2 aromatic rings. The third kappa shape index (κ3) is 2.18. The van der Waals surface area contributed by atoms with Crippen LogP contribution in [0.1, 0.15) is 5.56 Å². The van der Waals surface area contributed by atoms with E-state index in [-0.39, 0.29) is 17.0 Å². The Bertz CT molecular complexity index is 393. The van der Waals surface area contributed by atoms with Crippen molar-refractivity contribution in [2.75, 3.05) is 0 Å². The first-order chi connectivity index (χ1) is 5.92. The summed E-state index contributed by atoms with van der Waals surface area (Å²) < 4.78 is 0. The van der Waals surface area contributed by atoms with Gasteiger partial charge in [0, 0.05) is 0 Å². The molecule has 0 amide bonds. The van der Waals surface area contributed by atoms with Crippen molar-refractivity contribution in [2.45, 2.75) is 5.02 Å². The molecule has 2 aromatic carbocycles. The van der Waals surface area contributed by atoms with Gasteiger partial charge < -0.3 is 17.0 Å². The summed E-state index contributed by atoms with van der Waals surface area (Å²) in [4.78, 5) is 0. The summed E-state index contributed by atoms with van der Waals surface area (Å²) in [5.41, 5.74) is 1.49. The summed E-state index contributed by atoms with van der Waals surface area (Å²) in [5, 5.41) is 4.02. The van der Waals surface area contributed by atoms with Gasteiger partial charge in [-0.25, -0.2) is 0 Å². The molecule has 0 N–H and O–H groups in total. The standard InChI is InChI=1S/C11H9.BrH.Zn/c1-9-5-4-7-10-6-2-3-8-11(9)10;;/h2-8H,1H2;1H;/q;;+1/p-1. The normalized spacial score (nSPS) is 9.69. The molecule has 0 saturated carbocycles. The molecule has 0 spiro atoms. The molecule has 62 valence electrons. The number of fused-ring (bicyclic) bond motifs is 1. The molecule has 0 aliphatic rings. The Labute approximate surface area is 98.8 Å². The van der Waals surface area contributed by atoms with Gasteiger partial charge in [-0.3, -0.25) is 0 Å². The van der Waals surface area contributed by atoms with E-state index in [1.807, 2.05) is 0 Å². The number of rotatable bonds is 1. The van der Waals surface area contributed by atoms with E-state index in [0.717, 1.165) is 0 Å². The summed E-state index contributed by atoms with van der Waals surface area (Å²) in [6.45, 7) is 0. The fraction of sp³-hybridized carbons (Fsp3) is 0.0909. The van der Waals surface area contributed by atoms with Gasteiger partial charge in [0.05, 0.1) is 0 Å². The Morgan fingerprint density at radius 2 is 1.62 bits per heavy atom. The summed E-state index contributed by atoms with van der Waals surface area (Å²) in [7, 11) is 0. The first kappa shape index (κ1) is 10.9. The van der Waals surface area contributed by atoms with Gasteiger partial charge in [0.1, 0.15) is 0 Å². The zero-order valence-corrected chi connectivity index (χ0v) is 11.9. The third-order valence-electron chi connectivity index (χ3n) is 2.15. The van der Waals surface area contributed by atoms with Gasteiger partial charge in [0.15, 0.2) is 0 Å². The minimum atomic E-state index is 0. The monoisotopic (exact) mass is 284 g/mol. The van der Waals surface area contributed by atoms with Crippen LogP contribution in [0.2, 0.25) is 0 Å². The van der Waals surface area contributed by atoms with Gasteiger partial charge in [0.25, 0.3) is 0 Å². The van der Waals surface area contributed by atoms with E-state index in [4.69, 9.17) is 0 Å². The second-order valence-electron chi connectivity index (χ2n) is 2.89. The van der Waals surface area contributed by atoms with Gasteiger partial charge in [-0.15, -0.1) is 0 Å². The topological polar surface area (TPSA) is 0 Å².